The maximum absolute atomic E-state index is 13.9. The van der Waals surface area contributed by atoms with Gasteiger partial charge in [-0.05, 0) is 18.2 Å². The van der Waals surface area contributed by atoms with Crippen molar-refractivity contribution in [1.82, 2.24) is 9.88 Å². The monoisotopic (exact) mass is 384 g/mol. The van der Waals surface area contributed by atoms with Crippen molar-refractivity contribution in [3.8, 4) is 0 Å². The lowest BCUT2D eigenvalue weighted by atomic mass is 10.1. The minimum absolute atomic E-state index is 0.179. The van der Waals surface area contributed by atoms with E-state index in [0.717, 1.165) is 0 Å². The van der Waals surface area contributed by atoms with Gasteiger partial charge >= 0.3 is 5.97 Å². The van der Waals surface area contributed by atoms with Crippen LogP contribution in [0.1, 0.15) is 16.9 Å². The van der Waals surface area contributed by atoms with Gasteiger partial charge in [0.05, 0.1) is 31.2 Å². The third kappa shape index (κ3) is 3.23. The van der Waals surface area contributed by atoms with Crippen molar-refractivity contribution in [2.24, 2.45) is 0 Å². The lowest BCUT2D eigenvalue weighted by Crippen LogP contribution is -2.49. The highest BCUT2D eigenvalue weighted by Gasteiger charge is 2.30. The molecule has 6 nitrogen and oxygen atoms in total. The smallest absolute Gasteiger partial charge is 0.305 e. The first kappa shape index (κ1) is 15.9. The molecule has 2 N–H and O–H groups in total. The Balaban J connectivity index is 1.92. The number of H-pyrrole nitrogens is 1. The molecule has 23 heavy (non-hydrogen) atoms. The number of morpholine rings is 1. The fourth-order valence-electron chi connectivity index (χ4n) is 2.72. The number of amides is 1. The second-order valence-corrected chi connectivity index (χ2v) is 6.27. The molecular formula is C15H14BrFN2O4. The van der Waals surface area contributed by atoms with Crippen molar-refractivity contribution in [3.05, 3.63) is 34.2 Å². The van der Waals surface area contributed by atoms with Crippen LogP contribution in [0.15, 0.2) is 22.7 Å². The van der Waals surface area contributed by atoms with E-state index in [1.807, 2.05) is 0 Å². The largest absolute Gasteiger partial charge is 0.481 e. The number of aromatic amines is 1. The summed E-state index contributed by atoms with van der Waals surface area (Å²) in [6, 6.07) is 3.93. The maximum Gasteiger partial charge on any atom is 0.305 e. The second-order valence-electron chi connectivity index (χ2n) is 5.36. The molecule has 2 aromatic rings. The fourth-order valence-corrected chi connectivity index (χ4v) is 3.15. The van der Waals surface area contributed by atoms with Crippen molar-refractivity contribution in [2.45, 2.75) is 12.5 Å². The van der Waals surface area contributed by atoms with E-state index in [1.54, 1.807) is 6.07 Å². The van der Waals surface area contributed by atoms with Crippen molar-refractivity contribution in [3.63, 3.8) is 0 Å². The number of nitrogens with one attached hydrogen (secondary N) is 1. The van der Waals surface area contributed by atoms with Crippen LogP contribution in [-0.2, 0) is 9.53 Å². The number of carboxylic acid groups (broad SMARTS) is 1. The number of aromatic nitrogens is 1. The topological polar surface area (TPSA) is 82.6 Å². The van der Waals surface area contributed by atoms with E-state index in [-0.39, 0.29) is 24.6 Å². The molecule has 1 unspecified atom stereocenters. The van der Waals surface area contributed by atoms with Gasteiger partial charge in [0, 0.05) is 16.4 Å². The predicted molar refractivity (Wildman–Crippen MR) is 83.9 cm³/mol. The Hall–Kier alpha value is -1.93. The zero-order valence-corrected chi connectivity index (χ0v) is 13.6. The number of benzene rings is 1. The summed E-state index contributed by atoms with van der Waals surface area (Å²) in [4.78, 5) is 28.0. The van der Waals surface area contributed by atoms with Crippen LogP contribution in [0.25, 0.3) is 10.9 Å². The van der Waals surface area contributed by atoms with Crippen molar-refractivity contribution in [1.29, 1.82) is 0 Å². The molecule has 122 valence electrons. The van der Waals surface area contributed by atoms with Gasteiger partial charge in [-0.2, -0.15) is 0 Å². The molecule has 1 aliphatic rings. The number of carbonyl (C=O) groups excluding carboxylic acids is 1. The van der Waals surface area contributed by atoms with Gasteiger partial charge in [0.1, 0.15) is 11.5 Å². The number of carbonyl (C=O) groups is 2. The molecule has 0 saturated carbocycles. The molecule has 1 aromatic heterocycles. The minimum Gasteiger partial charge on any atom is -0.481 e. The van der Waals surface area contributed by atoms with E-state index >= 15 is 0 Å². The molecule has 1 aromatic carbocycles. The average Bonchev–Trinajstić information content (AvgIpc) is 2.90. The van der Waals surface area contributed by atoms with Gasteiger partial charge in [0.2, 0.25) is 0 Å². The van der Waals surface area contributed by atoms with Crippen LogP contribution in [-0.4, -0.2) is 52.7 Å². The molecule has 1 aliphatic heterocycles. The van der Waals surface area contributed by atoms with Gasteiger partial charge < -0.3 is 19.7 Å². The molecule has 0 radical (unpaired) electrons. The van der Waals surface area contributed by atoms with Crippen LogP contribution in [0.4, 0.5) is 4.39 Å². The number of ether oxygens (including phenoxy) is 1. The zero-order chi connectivity index (χ0) is 16.6. The van der Waals surface area contributed by atoms with E-state index in [4.69, 9.17) is 9.84 Å². The number of hydrogen-bond acceptors (Lipinski definition) is 3. The molecule has 1 amide bonds. The summed E-state index contributed by atoms with van der Waals surface area (Å²) in [5.41, 5.74) is 0.734. The molecular weight excluding hydrogens is 371 g/mol. The zero-order valence-electron chi connectivity index (χ0n) is 12.0. The Kier molecular flexibility index (Phi) is 4.36. The first-order valence-electron chi connectivity index (χ1n) is 7.04. The third-order valence-electron chi connectivity index (χ3n) is 3.78. The van der Waals surface area contributed by atoms with Crippen LogP contribution in [0.3, 0.4) is 0 Å². The normalized spacial score (nSPS) is 18.3. The number of carboxylic acids is 1. The van der Waals surface area contributed by atoms with Crippen LogP contribution in [0.5, 0.6) is 0 Å². The summed E-state index contributed by atoms with van der Waals surface area (Å²) in [6.07, 6.45) is -0.189. The molecule has 1 saturated heterocycles. The van der Waals surface area contributed by atoms with E-state index in [1.165, 1.54) is 17.0 Å². The summed E-state index contributed by atoms with van der Waals surface area (Å²) >= 11 is 3.21. The average molecular weight is 385 g/mol. The van der Waals surface area contributed by atoms with E-state index in [2.05, 4.69) is 20.9 Å². The standard InChI is InChI=1S/C15H14BrFN2O4/c16-8-3-11(17)10-6-13(18-12(10)4-8)15(22)19-1-2-23-7-9(19)5-14(20)21/h3-4,6,9,18H,1-2,5,7H2,(H,20,21). The Labute approximate surface area is 139 Å². The highest BCUT2D eigenvalue weighted by atomic mass is 79.9. The molecule has 0 bridgehead atoms. The lowest BCUT2D eigenvalue weighted by molar-refractivity contribution is -0.139. The van der Waals surface area contributed by atoms with Crippen molar-refractivity contribution in [2.75, 3.05) is 19.8 Å². The Morgan fingerprint density at radius 3 is 2.96 bits per heavy atom. The second kappa shape index (κ2) is 6.29. The molecule has 1 atom stereocenters. The van der Waals surface area contributed by atoms with Gasteiger partial charge in [0.15, 0.2) is 0 Å². The number of nitrogens with zero attached hydrogens (tertiary/aromatic N) is 1. The van der Waals surface area contributed by atoms with Crippen molar-refractivity contribution >= 4 is 38.7 Å². The quantitative estimate of drug-likeness (QED) is 0.850. The summed E-state index contributed by atoms with van der Waals surface area (Å²) in [7, 11) is 0. The van der Waals surface area contributed by atoms with E-state index < -0.39 is 17.8 Å². The molecule has 0 spiro atoms. The Morgan fingerprint density at radius 1 is 1.43 bits per heavy atom. The highest BCUT2D eigenvalue weighted by Crippen LogP contribution is 2.25. The van der Waals surface area contributed by atoms with Crippen LogP contribution in [0.2, 0.25) is 0 Å². The molecule has 1 fully saturated rings. The summed E-state index contributed by atoms with van der Waals surface area (Å²) in [5.74, 6) is -1.79. The first-order valence-corrected chi connectivity index (χ1v) is 7.83. The predicted octanol–water partition coefficient (Wildman–Crippen LogP) is 2.39. The molecule has 3 rings (SSSR count). The summed E-state index contributed by atoms with van der Waals surface area (Å²) in [5, 5.41) is 9.28. The van der Waals surface area contributed by atoms with Gasteiger partial charge in [-0.25, -0.2) is 4.39 Å². The lowest BCUT2D eigenvalue weighted by Gasteiger charge is -2.34. The third-order valence-corrected chi connectivity index (χ3v) is 4.24. The Bertz CT molecular complexity index is 776. The minimum atomic E-state index is -0.995. The van der Waals surface area contributed by atoms with Crippen LogP contribution < -0.4 is 0 Å². The number of halogens is 2. The van der Waals surface area contributed by atoms with Gasteiger partial charge in [0.25, 0.3) is 5.91 Å². The maximum atomic E-state index is 13.9. The SMILES string of the molecule is O=C(O)CC1COCCN1C(=O)c1cc2c(F)cc(Br)cc2[nH]1. The van der Waals surface area contributed by atoms with Gasteiger partial charge in [-0.3, -0.25) is 9.59 Å². The number of fused-ring (bicyclic) bond motifs is 1. The Morgan fingerprint density at radius 2 is 2.22 bits per heavy atom. The number of hydrogen-bond donors (Lipinski definition) is 2. The number of aliphatic carboxylic acids is 1. The van der Waals surface area contributed by atoms with Gasteiger partial charge in [-0.15, -0.1) is 0 Å². The summed E-state index contributed by atoms with van der Waals surface area (Å²) < 4.78 is 19.8. The van der Waals surface area contributed by atoms with E-state index in [9.17, 15) is 14.0 Å². The summed E-state index contributed by atoms with van der Waals surface area (Å²) in [6.45, 7) is 0.832. The van der Waals surface area contributed by atoms with Crippen LogP contribution in [0, 0.1) is 5.82 Å². The van der Waals surface area contributed by atoms with Gasteiger partial charge in [-0.1, -0.05) is 15.9 Å². The molecule has 8 heteroatoms. The van der Waals surface area contributed by atoms with Crippen molar-refractivity contribution < 1.29 is 23.8 Å². The first-order chi connectivity index (χ1) is 11.0. The molecule has 2 heterocycles. The fraction of sp³-hybridized carbons (Fsp3) is 0.333. The van der Waals surface area contributed by atoms with Crippen LogP contribution >= 0.6 is 15.9 Å². The van der Waals surface area contributed by atoms with E-state index in [0.29, 0.717) is 28.5 Å². The highest BCUT2D eigenvalue weighted by molar-refractivity contribution is 9.10. The molecule has 0 aliphatic carbocycles. The number of rotatable bonds is 3.